The SMILES string of the molecule is CCN(CCc1ccncc1)C(=O)C(OC(=O)C[C@@H]1C(=O)Nc2ccccc2N1S(=O)(=O)c1cccc(Cl)c1Cl)[C@@H]1C(=O)Nc2ccccc2N1S(=O)(=O)c1cccc(Cl)c1Cl. The third kappa shape index (κ3) is 8.52. The van der Waals surface area contributed by atoms with Crippen LogP contribution >= 0.6 is 46.4 Å². The minimum Gasteiger partial charge on any atom is -0.449 e. The average molecular weight is 961 g/mol. The predicted molar refractivity (Wildman–Crippen MR) is 235 cm³/mol. The second-order valence-corrected chi connectivity index (χ2v) is 19.0. The van der Waals surface area contributed by atoms with E-state index < -0.39 is 78.1 Å². The quantitative estimate of drug-likeness (QED) is 0.118. The molecule has 3 heterocycles. The molecule has 2 N–H and O–H groups in total. The van der Waals surface area contributed by atoms with E-state index in [1.165, 1.54) is 71.6 Å². The summed E-state index contributed by atoms with van der Waals surface area (Å²) in [7, 11) is -9.72. The third-order valence-electron chi connectivity index (χ3n) is 10.1. The molecular formula is C41H34Cl4N6O9S2. The number of hydrogen-bond acceptors (Lipinski definition) is 10. The first-order chi connectivity index (χ1) is 29.6. The molecule has 1 unspecified atom stereocenters. The lowest BCUT2D eigenvalue weighted by atomic mass is 10.0. The Balaban J connectivity index is 1.33. The second-order valence-electron chi connectivity index (χ2n) is 13.8. The van der Waals surface area contributed by atoms with Crippen LogP contribution in [0.2, 0.25) is 20.1 Å². The summed E-state index contributed by atoms with van der Waals surface area (Å²) in [6, 6.07) is 18.9. The molecule has 0 aliphatic carbocycles. The number of rotatable bonds is 13. The first-order valence-corrected chi connectivity index (χ1v) is 23.1. The van der Waals surface area contributed by atoms with Crippen molar-refractivity contribution in [3.05, 3.63) is 135 Å². The third-order valence-corrected chi connectivity index (χ3v) is 15.6. The highest BCUT2D eigenvalue weighted by atomic mass is 35.5. The number of carbonyl (C=O) groups is 4. The van der Waals surface area contributed by atoms with E-state index in [4.69, 9.17) is 51.1 Å². The fourth-order valence-corrected chi connectivity index (χ4v) is 11.8. The van der Waals surface area contributed by atoms with Gasteiger partial charge >= 0.3 is 5.97 Å². The minimum absolute atomic E-state index is 0.00396. The Kier molecular flexibility index (Phi) is 13.0. The number of nitrogens with zero attached hydrogens (tertiary/aromatic N) is 4. The molecule has 15 nitrogen and oxygen atoms in total. The monoisotopic (exact) mass is 958 g/mol. The number of amides is 3. The Morgan fingerprint density at radius 2 is 1.24 bits per heavy atom. The summed E-state index contributed by atoms with van der Waals surface area (Å²) >= 11 is 25.3. The molecular weight excluding hydrogens is 926 g/mol. The molecule has 0 fully saturated rings. The lowest BCUT2D eigenvalue weighted by Gasteiger charge is -2.41. The highest BCUT2D eigenvalue weighted by Gasteiger charge is 2.52. The summed E-state index contributed by atoms with van der Waals surface area (Å²) in [4.78, 5) is 61.9. The van der Waals surface area contributed by atoms with E-state index in [0.29, 0.717) is 8.61 Å². The minimum atomic E-state index is -4.94. The molecule has 2 aliphatic rings. The number of pyridine rings is 1. The van der Waals surface area contributed by atoms with Crippen LogP contribution in [-0.2, 0) is 50.4 Å². The maximum Gasteiger partial charge on any atom is 0.309 e. The van der Waals surface area contributed by atoms with Crippen LogP contribution in [0.25, 0.3) is 0 Å². The van der Waals surface area contributed by atoms with Gasteiger partial charge in [-0.3, -0.25) is 28.5 Å². The lowest BCUT2D eigenvalue weighted by molar-refractivity contribution is -0.163. The number of halogens is 4. The van der Waals surface area contributed by atoms with E-state index in [1.807, 2.05) is 0 Å². The van der Waals surface area contributed by atoms with Crippen molar-refractivity contribution in [1.29, 1.82) is 0 Å². The van der Waals surface area contributed by atoms with E-state index in [1.54, 1.807) is 43.6 Å². The molecule has 0 spiro atoms. The Morgan fingerprint density at radius 1 is 0.726 bits per heavy atom. The topological polar surface area (TPSA) is 192 Å². The standard InChI is InChI=1S/C41H34Cl4N6O9S2/c1-2-49(22-19-24-17-20-46-21-18-24)41(55)38(37-40(54)48-28-12-4-6-14-30(28)51(37)62(58,59)33-16-8-10-26(43)36(33)45)60-34(52)23-31-39(53)47-27-11-3-5-13-29(27)50(31)61(56,57)32-15-7-9-25(42)35(32)44/h3-18,20-21,31,37-38H,2,19,22-23H2,1H3,(H,47,53)(H,48,54)/t31-,37-,38?/m1/s1. The van der Waals surface area contributed by atoms with Gasteiger partial charge in [0.25, 0.3) is 31.9 Å². The summed E-state index contributed by atoms with van der Waals surface area (Å²) in [5.74, 6) is -4.36. The fourth-order valence-electron chi connectivity index (χ4n) is 7.10. The highest BCUT2D eigenvalue weighted by Crippen LogP contribution is 2.42. The number of esters is 1. The molecule has 0 radical (unpaired) electrons. The zero-order valence-electron chi connectivity index (χ0n) is 32.2. The predicted octanol–water partition coefficient (Wildman–Crippen LogP) is 6.82. The maximum absolute atomic E-state index is 14.9. The zero-order valence-corrected chi connectivity index (χ0v) is 36.9. The normalized spacial score (nSPS) is 16.7. The summed E-state index contributed by atoms with van der Waals surface area (Å²) in [5, 5.41) is 4.26. The van der Waals surface area contributed by atoms with E-state index >= 15 is 0 Å². The summed E-state index contributed by atoms with van der Waals surface area (Å²) in [6.07, 6.45) is 0.128. The number of fused-ring (bicyclic) bond motifs is 2. The summed E-state index contributed by atoms with van der Waals surface area (Å²) in [5.41, 5.74) is 0.758. The fraction of sp³-hybridized carbons (Fsp3) is 0.195. The molecule has 62 heavy (non-hydrogen) atoms. The van der Waals surface area contributed by atoms with Gasteiger partial charge in [0.15, 0.2) is 6.04 Å². The Bertz CT molecular complexity index is 2820. The number of carbonyl (C=O) groups excluding carboxylic acids is 4. The van der Waals surface area contributed by atoms with E-state index in [0.717, 1.165) is 11.6 Å². The number of nitrogens with one attached hydrogen (secondary N) is 2. The number of para-hydroxylation sites is 4. The molecule has 0 saturated carbocycles. The van der Waals surface area contributed by atoms with Crippen molar-refractivity contribution in [1.82, 2.24) is 9.88 Å². The summed E-state index contributed by atoms with van der Waals surface area (Å²) in [6.45, 7) is 1.65. The zero-order chi connectivity index (χ0) is 44.5. The van der Waals surface area contributed by atoms with Crippen molar-refractivity contribution in [2.24, 2.45) is 0 Å². The van der Waals surface area contributed by atoms with Crippen molar-refractivity contribution in [3.63, 3.8) is 0 Å². The molecule has 3 atom stereocenters. The number of benzene rings is 4. The number of aromatic nitrogens is 1. The van der Waals surface area contributed by atoms with Crippen LogP contribution in [0.5, 0.6) is 0 Å². The van der Waals surface area contributed by atoms with Crippen molar-refractivity contribution in [2.45, 2.75) is 47.7 Å². The number of hydrogen-bond donors (Lipinski definition) is 2. The van der Waals surface area contributed by atoms with Gasteiger partial charge in [-0.25, -0.2) is 21.1 Å². The molecule has 7 rings (SSSR count). The van der Waals surface area contributed by atoms with Gasteiger partial charge in [0.2, 0.25) is 12.0 Å². The van der Waals surface area contributed by atoms with Gasteiger partial charge in [-0.05, 0) is 79.6 Å². The van der Waals surface area contributed by atoms with Gasteiger partial charge in [-0.1, -0.05) is 82.8 Å². The van der Waals surface area contributed by atoms with Crippen molar-refractivity contribution >= 4 is 113 Å². The molecule has 2 aliphatic heterocycles. The van der Waals surface area contributed by atoms with Crippen LogP contribution in [0.15, 0.2) is 119 Å². The van der Waals surface area contributed by atoms with Crippen LogP contribution in [0.3, 0.4) is 0 Å². The van der Waals surface area contributed by atoms with Gasteiger partial charge in [0.05, 0.1) is 49.3 Å². The number of likely N-dealkylation sites (N-methyl/N-ethyl adjacent to an activating group) is 1. The van der Waals surface area contributed by atoms with Crippen molar-refractivity contribution < 1.29 is 40.8 Å². The number of sulfonamides is 2. The highest BCUT2D eigenvalue weighted by molar-refractivity contribution is 7.93. The second kappa shape index (κ2) is 18.1. The van der Waals surface area contributed by atoms with Crippen molar-refractivity contribution in [2.75, 3.05) is 32.3 Å². The molecule has 21 heteroatoms. The van der Waals surface area contributed by atoms with Gasteiger partial charge in [0, 0.05) is 25.5 Å². The molecule has 1 aromatic heterocycles. The first kappa shape index (κ1) is 44.6. The van der Waals surface area contributed by atoms with Crippen molar-refractivity contribution in [3.8, 4) is 0 Å². The van der Waals surface area contributed by atoms with Crippen LogP contribution in [-0.4, -0.2) is 81.7 Å². The smallest absolute Gasteiger partial charge is 0.309 e. The number of ether oxygens (including phenoxy) is 1. The Morgan fingerprint density at radius 3 is 1.81 bits per heavy atom. The van der Waals surface area contributed by atoms with Crippen LogP contribution in [0, 0.1) is 0 Å². The lowest BCUT2D eigenvalue weighted by Crippen LogP contribution is -2.62. The molecule has 5 aromatic rings. The maximum atomic E-state index is 14.9. The molecule has 0 bridgehead atoms. The largest absolute Gasteiger partial charge is 0.449 e. The van der Waals surface area contributed by atoms with Crippen LogP contribution in [0.1, 0.15) is 18.9 Å². The molecule has 3 amide bonds. The van der Waals surface area contributed by atoms with E-state index in [2.05, 4.69) is 15.6 Å². The first-order valence-electron chi connectivity index (χ1n) is 18.7. The Hall–Kier alpha value is -5.43. The molecule has 4 aromatic carbocycles. The van der Waals surface area contributed by atoms with Gasteiger partial charge < -0.3 is 20.3 Å². The molecule has 0 saturated heterocycles. The Labute approximate surface area is 376 Å². The van der Waals surface area contributed by atoms with Gasteiger partial charge in [-0.15, -0.1) is 0 Å². The molecule has 322 valence electrons. The van der Waals surface area contributed by atoms with E-state index in [9.17, 15) is 36.0 Å². The van der Waals surface area contributed by atoms with Gasteiger partial charge in [-0.2, -0.15) is 0 Å². The van der Waals surface area contributed by atoms with Crippen LogP contribution in [0.4, 0.5) is 22.7 Å². The van der Waals surface area contributed by atoms with E-state index in [-0.39, 0.29) is 62.4 Å². The average Bonchev–Trinajstić information content (AvgIpc) is 3.24. The van der Waals surface area contributed by atoms with Crippen LogP contribution < -0.4 is 19.2 Å². The number of anilines is 4. The summed E-state index contributed by atoms with van der Waals surface area (Å²) < 4.78 is 65.9. The van der Waals surface area contributed by atoms with Gasteiger partial charge in [0.1, 0.15) is 15.8 Å².